The number of benzene rings is 2. The fraction of sp³-hybridized carbons (Fsp3) is 0.417. The largest absolute Gasteiger partial charge is 0.350 e. The molecule has 0 aromatic heterocycles. The summed E-state index contributed by atoms with van der Waals surface area (Å²) in [4.78, 5) is 27.7. The first-order valence-corrected chi connectivity index (χ1v) is 9.79. The Balaban J connectivity index is 2.29. The van der Waals surface area contributed by atoms with Gasteiger partial charge in [0, 0.05) is 12.1 Å². The molecule has 4 nitrogen and oxygen atoms in total. The van der Waals surface area contributed by atoms with Gasteiger partial charge in [-0.2, -0.15) is 0 Å². The van der Waals surface area contributed by atoms with Crippen molar-refractivity contribution in [1.29, 1.82) is 0 Å². The first-order valence-electron chi connectivity index (χ1n) is 9.79. The van der Waals surface area contributed by atoms with Gasteiger partial charge in [-0.05, 0) is 63.8 Å². The predicted molar refractivity (Wildman–Crippen MR) is 114 cm³/mol. The molecule has 2 aromatic carbocycles. The van der Waals surface area contributed by atoms with Gasteiger partial charge in [0.1, 0.15) is 6.04 Å². The van der Waals surface area contributed by atoms with Crippen molar-refractivity contribution < 1.29 is 9.59 Å². The minimum Gasteiger partial charge on any atom is -0.350 e. The Morgan fingerprint density at radius 1 is 0.929 bits per heavy atom. The molecule has 0 aliphatic heterocycles. The molecule has 0 spiro atoms. The van der Waals surface area contributed by atoms with Gasteiger partial charge in [0.2, 0.25) is 11.8 Å². The third kappa shape index (κ3) is 5.95. The third-order valence-electron chi connectivity index (χ3n) is 4.87. The van der Waals surface area contributed by atoms with Crippen LogP contribution in [0.4, 0.5) is 0 Å². The maximum atomic E-state index is 13.2. The Morgan fingerprint density at radius 3 is 1.93 bits per heavy atom. The van der Waals surface area contributed by atoms with E-state index in [1.54, 1.807) is 11.8 Å². The molecule has 1 atom stereocenters. The Bertz CT molecular complexity index is 836. The predicted octanol–water partition coefficient (Wildman–Crippen LogP) is 4.18. The van der Waals surface area contributed by atoms with Crippen molar-refractivity contribution in [3.05, 3.63) is 70.8 Å². The molecule has 0 aliphatic rings. The molecule has 2 rings (SSSR count). The lowest BCUT2D eigenvalue weighted by molar-refractivity contribution is -0.140. The van der Waals surface area contributed by atoms with E-state index < -0.39 is 6.04 Å². The molecular formula is C24H32N2O2. The molecule has 150 valence electrons. The molecule has 0 aliphatic carbocycles. The maximum absolute atomic E-state index is 13.2. The number of rotatable bonds is 6. The summed E-state index contributed by atoms with van der Waals surface area (Å²) in [6, 6.07) is 15.3. The monoisotopic (exact) mass is 380 g/mol. The van der Waals surface area contributed by atoms with E-state index in [0.29, 0.717) is 6.54 Å². The second kappa shape index (κ2) is 9.05. The average Bonchev–Trinajstić information content (AvgIpc) is 2.61. The van der Waals surface area contributed by atoms with Crippen LogP contribution in [0.2, 0.25) is 0 Å². The van der Waals surface area contributed by atoms with Crippen LogP contribution in [-0.4, -0.2) is 28.3 Å². The number of nitrogens with one attached hydrogen (secondary N) is 1. The van der Waals surface area contributed by atoms with Gasteiger partial charge in [-0.25, -0.2) is 0 Å². The molecule has 2 amide bonds. The molecule has 4 heteroatoms. The first kappa shape index (κ1) is 21.7. The molecule has 0 radical (unpaired) electrons. The molecule has 1 N–H and O–H groups in total. The van der Waals surface area contributed by atoms with Crippen LogP contribution >= 0.6 is 0 Å². The smallest absolute Gasteiger partial charge is 0.242 e. The highest BCUT2D eigenvalue weighted by Crippen LogP contribution is 2.17. The molecule has 2 aromatic rings. The standard InChI is InChI=1S/C24H32N2O2/c1-17-11-7-9-13-20(17)15-22(27)26(16-21-14-10-8-12-18(21)2)19(3)23(28)25-24(4,5)6/h7-14,19H,15-16H2,1-6H3,(H,25,28). The number of carbonyl (C=O) groups is 2. The summed E-state index contributed by atoms with van der Waals surface area (Å²) in [5, 5.41) is 3.00. The molecule has 1 unspecified atom stereocenters. The summed E-state index contributed by atoms with van der Waals surface area (Å²) in [6.07, 6.45) is 0.283. The van der Waals surface area contributed by atoms with Crippen LogP contribution in [0.3, 0.4) is 0 Å². The summed E-state index contributed by atoms with van der Waals surface area (Å²) < 4.78 is 0. The highest BCUT2D eigenvalue weighted by atomic mass is 16.2. The zero-order valence-corrected chi connectivity index (χ0v) is 17.9. The van der Waals surface area contributed by atoms with Gasteiger partial charge < -0.3 is 10.2 Å². The quantitative estimate of drug-likeness (QED) is 0.817. The van der Waals surface area contributed by atoms with E-state index in [1.807, 2.05) is 83.1 Å². The Hall–Kier alpha value is -2.62. The minimum absolute atomic E-state index is 0.0471. The summed E-state index contributed by atoms with van der Waals surface area (Å²) in [6.45, 7) is 12.1. The van der Waals surface area contributed by atoms with Gasteiger partial charge in [-0.15, -0.1) is 0 Å². The lowest BCUT2D eigenvalue weighted by Crippen LogP contribution is -2.52. The van der Waals surface area contributed by atoms with E-state index in [0.717, 1.165) is 22.3 Å². The number of amides is 2. The molecule has 0 saturated heterocycles. The van der Waals surface area contributed by atoms with Crippen molar-refractivity contribution >= 4 is 11.8 Å². The fourth-order valence-corrected chi connectivity index (χ4v) is 3.10. The van der Waals surface area contributed by atoms with Crippen LogP contribution in [0.1, 0.15) is 49.9 Å². The highest BCUT2D eigenvalue weighted by Gasteiger charge is 2.28. The number of aryl methyl sites for hydroxylation is 2. The van der Waals surface area contributed by atoms with E-state index in [4.69, 9.17) is 0 Å². The maximum Gasteiger partial charge on any atom is 0.242 e. The number of nitrogens with zero attached hydrogens (tertiary/aromatic N) is 1. The van der Waals surface area contributed by atoms with Crippen molar-refractivity contribution in [3.63, 3.8) is 0 Å². The fourth-order valence-electron chi connectivity index (χ4n) is 3.10. The van der Waals surface area contributed by atoms with Crippen molar-refractivity contribution in [2.75, 3.05) is 0 Å². The van der Waals surface area contributed by atoms with Crippen molar-refractivity contribution in [1.82, 2.24) is 10.2 Å². The zero-order valence-electron chi connectivity index (χ0n) is 17.9. The van der Waals surface area contributed by atoms with Gasteiger partial charge >= 0.3 is 0 Å². The molecule has 28 heavy (non-hydrogen) atoms. The summed E-state index contributed by atoms with van der Waals surface area (Å²) in [7, 11) is 0. The second-order valence-electron chi connectivity index (χ2n) is 8.47. The second-order valence-corrected chi connectivity index (χ2v) is 8.47. The summed E-state index contributed by atoms with van der Waals surface area (Å²) in [5.41, 5.74) is 3.89. The molecule has 0 bridgehead atoms. The van der Waals surface area contributed by atoms with Crippen molar-refractivity contribution in [2.45, 2.75) is 66.1 Å². The van der Waals surface area contributed by atoms with Crippen molar-refractivity contribution in [2.24, 2.45) is 0 Å². The summed E-state index contributed by atoms with van der Waals surface area (Å²) >= 11 is 0. The number of hydrogen-bond acceptors (Lipinski definition) is 2. The molecule has 0 fully saturated rings. The van der Waals surface area contributed by atoms with Gasteiger partial charge in [0.15, 0.2) is 0 Å². The van der Waals surface area contributed by atoms with Crippen LogP contribution in [0.25, 0.3) is 0 Å². The zero-order chi connectivity index (χ0) is 20.9. The van der Waals surface area contributed by atoms with Crippen LogP contribution in [0.5, 0.6) is 0 Å². The van der Waals surface area contributed by atoms with Gasteiger partial charge in [-0.1, -0.05) is 48.5 Å². The van der Waals surface area contributed by atoms with Gasteiger partial charge in [0.25, 0.3) is 0 Å². The highest BCUT2D eigenvalue weighted by molar-refractivity contribution is 5.88. The third-order valence-corrected chi connectivity index (χ3v) is 4.87. The minimum atomic E-state index is -0.560. The van der Waals surface area contributed by atoms with Gasteiger partial charge in [0.05, 0.1) is 6.42 Å². The van der Waals surface area contributed by atoms with Gasteiger partial charge in [-0.3, -0.25) is 9.59 Å². The Morgan fingerprint density at radius 2 is 1.43 bits per heavy atom. The molecule has 0 heterocycles. The van der Waals surface area contributed by atoms with E-state index in [-0.39, 0.29) is 23.8 Å². The molecule has 0 saturated carbocycles. The lowest BCUT2D eigenvalue weighted by atomic mass is 10.0. The Kier molecular flexibility index (Phi) is 7.00. The first-order chi connectivity index (χ1) is 13.1. The normalized spacial score (nSPS) is 12.4. The van der Waals surface area contributed by atoms with Crippen LogP contribution in [0.15, 0.2) is 48.5 Å². The summed E-state index contributed by atoms with van der Waals surface area (Å²) in [5.74, 6) is -0.187. The van der Waals surface area contributed by atoms with Crippen LogP contribution in [-0.2, 0) is 22.6 Å². The molecular weight excluding hydrogens is 348 g/mol. The SMILES string of the molecule is Cc1ccccc1CC(=O)N(Cc1ccccc1C)C(C)C(=O)NC(C)(C)C. The van der Waals surface area contributed by atoms with Crippen LogP contribution < -0.4 is 5.32 Å². The van der Waals surface area contributed by atoms with E-state index >= 15 is 0 Å². The van der Waals surface area contributed by atoms with Crippen LogP contribution in [0, 0.1) is 13.8 Å². The van der Waals surface area contributed by atoms with E-state index in [2.05, 4.69) is 5.32 Å². The van der Waals surface area contributed by atoms with Crippen molar-refractivity contribution in [3.8, 4) is 0 Å². The van der Waals surface area contributed by atoms with E-state index in [1.165, 1.54) is 0 Å². The topological polar surface area (TPSA) is 49.4 Å². The lowest BCUT2D eigenvalue weighted by Gasteiger charge is -2.32. The Labute approximate surface area is 169 Å². The number of hydrogen-bond donors (Lipinski definition) is 1. The number of carbonyl (C=O) groups excluding carboxylic acids is 2. The van der Waals surface area contributed by atoms with E-state index in [9.17, 15) is 9.59 Å². The average molecular weight is 381 g/mol.